The molecule has 0 aliphatic rings. The first-order valence-electron chi connectivity index (χ1n) is 3.09. The van der Waals surface area contributed by atoms with Crippen molar-refractivity contribution in [3.8, 4) is 0 Å². The molecule has 0 fully saturated rings. The molecule has 0 saturated carbocycles. The maximum atomic E-state index is 10.9. The molecule has 0 bridgehead atoms. The van der Waals surface area contributed by atoms with Gasteiger partial charge in [0.15, 0.2) is 0 Å². The van der Waals surface area contributed by atoms with Gasteiger partial charge in [-0.25, -0.2) is 0 Å². The molecule has 0 aliphatic heterocycles. The number of rotatable bonds is 5. The Hall–Kier alpha value is -0.617. The van der Waals surface area contributed by atoms with Crippen LogP contribution in [0.25, 0.3) is 0 Å². The van der Waals surface area contributed by atoms with Crippen LogP contribution < -0.4 is 20.4 Å². The van der Waals surface area contributed by atoms with Crippen LogP contribution in [0.2, 0.25) is 0 Å². The van der Waals surface area contributed by atoms with Crippen LogP contribution in [0, 0.1) is 29.9 Å². The molecule has 0 amide bonds. The molecule has 0 aromatic rings. The molecule has 0 spiro atoms. The molecule has 0 aliphatic carbocycles. The summed E-state index contributed by atoms with van der Waals surface area (Å²) in [5.74, 6) is -6.22. The summed E-state index contributed by atoms with van der Waals surface area (Å²) in [6, 6.07) is 0. The molecule has 7 nitrogen and oxygen atoms in total. The smallest absolute Gasteiger partial charge is 0.0410 e. The van der Waals surface area contributed by atoms with E-state index in [4.69, 9.17) is 0 Å². The Kier molecular flexibility index (Phi) is 6.76. The summed E-state index contributed by atoms with van der Waals surface area (Å²) in [4.78, 5) is 29.9. The number of carboxylic acid groups (broad SMARTS) is 3. The predicted octanol–water partition coefficient (Wildman–Crippen LogP) is -5.88. The van der Waals surface area contributed by atoms with Gasteiger partial charge in [-0.1, -0.05) is 5.60 Å². The number of hydrogen-bond donors (Lipinski definition) is 0. The van der Waals surface area contributed by atoms with Crippen LogP contribution in [0.5, 0.6) is 0 Å². The van der Waals surface area contributed by atoms with Crippen molar-refractivity contribution in [2.45, 2.75) is 18.4 Å². The second kappa shape index (κ2) is 5.98. The molecule has 0 saturated heterocycles. The first-order chi connectivity index (χ1) is 5.78. The van der Waals surface area contributed by atoms with Gasteiger partial charge in [-0.3, -0.25) is 0 Å². The summed E-state index contributed by atoms with van der Waals surface area (Å²) >= 11 is 0. The van der Waals surface area contributed by atoms with Gasteiger partial charge in [0.05, 0.1) is 0 Å². The molecule has 0 N–H and O–H groups in total. The fourth-order valence-electron chi connectivity index (χ4n) is 0.673. The first kappa shape index (κ1) is 15.8. The van der Waals surface area contributed by atoms with Crippen LogP contribution in [-0.2, 0) is 14.4 Å². The predicted molar refractivity (Wildman–Crippen MR) is 27.0 cm³/mol. The molecule has 14 heavy (non-hydrogen) atoms. The third kappa shape index (κ3) is 5.19. The van der Waals surface area contributed by atoms with E-state index in [1.165, 1.54) is 0 Å². The van der Waals surface area contributed by atoms with Gasteiger partial charge in [0.2, 0.25) is 0 Å². The third-order valence-electron chi connectivity index (χ3n) is 1.23. The Morgan fingerprint density at radius 2 is 1.21 bits per heavy atom. The molecular formula is C6H4NpO7-4. The summed E-state index contributed by atoms with van der Waals surface area (Å²) in [7, 11) is 0. The second-order valence-electron chi connectivity index (χ2n) is 2.38. The molecular weight excluding hydrogens is 421 g/mol. The first-order valence-corrected chi connectivity index (χ1v) is 3.09. The Bertz CT molecular complexity index is 233. The van der Waals surface area contributed by atoms with Crippen molar-refractivity contribution in [3.05, 3.63) is 0 Å². The Labute approximate surface area is 101 Å². The van der Waals surface area contributed by atoms with Crippen molar-refractivity contribution < 1.29 is 64.8 Å². The molecule has 8 heteroatoms. The maximum absolute atomic E-state index is 10.9. The number of carboxylic acids is 3. The fourth-order valence-corrected chi connectivity index (χ4v) is 0.673. The van der Waals surface area contributed by atoms with Gasteiger partial charge in [0.25, 0.3) is 0 Å². The molecule has 0 heterocycles. The summed E-state index contributed by atoms with van der Waals surface area (Å²) in [6.07, 6.45) is -2.94. The number of carbonyl (C=O) groups is 3. The van der Waals surface area contributed by atoms with Crippen molar-refractivity contribution in [1.29, 1.82) is 0 Å². The van der Waals surface area contributed by atoms with E-state index in [1.54, 1.807) is 0 Å². The zero-order valence-electron chi connectivity index (χ0n) is 6.72. The van der Waals surface area contributed by atoms with Gasteiger partial charge < -0.3 is 34.8 Å². The van der Waals surface area contributed by atoms with Gasteiger partial charge in [-0.05, 0) is 12.8 Å². The largest absolute Gasteiger partial charge is 0.845 e. The van der Waals surface area contributed by atoms with Crippen molar-refractivity contribution in [3.63, 3.8) is 0 Å². The van der Waals surface area contributed by atoms with E-state index in [2.05, 4.69) is 0 Å². The van der Waals surface area contributed by atoms with Crippen molar-refractivity contribution in [2.75, 3.05) is 0 Å². The van der Waals surface area contributed by atoms with Gasteiger partial charge >= 0.3 is 0 Å². The minimum Gasteiger partial charge on any atom is -0.845 e. The summed E-state index contributed by atoms with van der Waals surface area (Å²) in [5, 5.41) is 40.8. The molecule has 0 unspecified atom stereocenters. The topological polar surface area (TPSA) is 143 Å². The standard InChI is InChI=1S/C6H7O7.Np/c7-3(8)1-6(13,5(11)12)2-4(9)10;/h1-2H2,(H,7,8)(H,9,10)(H,11,12);/q-1;/p-3. The van der Waals surface area contributed by atoms with Crippen molar-refractivity contribution in [1.82, 2.24) is 0 Å². The molecule has 0 rings (SSSR count). The Morgan fingerprint density at radius 1 is 0.929 bits per heavy atom. The Balaban J connectivity index is 0. The van der Waals surface area contributed by atoms with Gasteiger partial charge in [-0.15, -0.1) is 0 Å². The SMILES string of the molecule is O=C([O-])CC([O-])(CC(=O)[O-])C(=O)[O-].[Np]. The monoisotopic (exact) mass is 424 g/mol. The van der Waals surface area contributed by atoms with E-state index in [0.29, 0.717) is 0 Å². The van der Waals surface area contributed by atoms with Gasteiger partial charge in [0.1, 0.15) is 0 Å². The van der Waals surface area contributed by atoms with E-state index in [9.17, 15) is 34.8 Å². The number of aliphatic carboxylic acids is 3. The normalized spacial score (nSPS) is 10.1. The zero-order chi connectivity index (χ0) is 10.6. The third-order valence-corrected chi connectivity index (χ3v) is 1.23. The van der Waals surface area contributed by atoms with Crippen LogP contribution >= 0.6 is 0 Å². The zero-order valence-corrected chi connectivity index (χ0v) is 10.4. The van der Waals surface area contributed by atoms with Crippen LogP contribution in [0.1, 0.15) is 12.8 Å². The van der Waals surface area contributed by atoms with E-state index >= 15 is 0 Å². The molecule has 79 valence electrons. The summed E-state index contributed by atoms with van der Waals surface area (Å²) in [5.41, 5.74) is -3.22. The van der Waals surface area contributed by atoms with E-state index in [-0.39, 0.29) is 29.9 Å². The Morgan fingerprint density at radius 3 is 1.36 bits per heavy atom. The number of carbonyl (C=O) groups excluding carboxylic acids is 3. The summed E-state index contributed by atoms with van der Waals surface area (Å²) in [6.45, 7) is 0. The van der Waals surface area contributed by atoms with E-state index in [0.717, 1.165) is 0 Å². The minimum atomic E-state index is -3.22. The van der Waals surface area contributed by atoms with Gasteiger partial charge in [0, 0.05) is 47.9 Å². The molecule has 0 atom stereocenters. The number of hydrogen-bond acceptors (Lipinski definition) is 7. The van der Waals surface area contributed by atoms with E-state index < -0.39 is 36.4 Å². The minimum absolute atomic E-state index is 0. The van der Waals surface area contributed by atoms with Crippen molar-refractivity contribution in [2.24, 2.45) is 0 Å². The fraction of sp³-hybridized carbons (Fsp3) is 0.500. The summed E-state index contributed by atoms with van der Waals surface area (Å²) < 4.78 is 0. The van der Waals surface area contributed by atoms with Crippen LogP contribution in [0.15, 0.2) is 0 Å². The van der Waals surface area contributed by atoms with Crippen LogP contribution in [0.3, 0.4) is 0 Å². The second-order valence-corrected chi connectivity index (χ2v) is 2.38. The van der Waals surface area contributed by atoms with E-state index in [1.807, 2.05) is 0 Å². The molecule has 0 aromatic heterocycles. The molecule has 1 radical (unpaired) electrons. The quantitative estimate of drug-likeness (QED) is 0.427. The van der Waals surface area contributed by atoms with Crippen molar-refractivity contribution >= 4 is 17.9 Å². The van der Waals surface area contributed by atoms with Crippen LogP contribution in [-0.4, -0.2) is 23.5 Å². The average Bonchev–Trinajstić information content (AvgIpc) is 1.82. The average molecular weight is 425 g/mol. The van der Waals surface area contributed by atoms with Gasteiger partial charge in [-0.2, -0.15) is 0 Å². The molecule has 0 aromatic carbocycles. The van der Waals surface area contributed by atoms with Crippen LogP contribution in [0.4, 0.5) is 0 Å². The maximum Gasteiger partial charge on any atom is 0.0410 e.